The zero-order chi connectivity index (χ0) is 16.3. The Bertz CT molecular complexity index is 681. The molecule has 0 saturated carbocycles. The van der Waals surface area contributed by atoms with Crippen molar-refractivity contribution in [2.24, 2.45) is 7.05 Å². The molecule has 0 aliphatic carbocycles. The van der Waals surface area contributed by atoms with E-state index in [2.05, 4.69) is 15.7 Å². The summed E-state index contributed by atoms with van der Waals surface area (Å²) in [7, 11) is 1.86. The highest BCUT2D eigenvalue weighted by molar-refractivity contribution is 6.31. The van der Waals surface area contributed by atoms with E-state index in [4.69, 9.17) is 11.6 Å². The lowest BCUT2D eigenvalue weighted by atomic mass is 10.1. The number of rotatable bonds is 5. The molecule has 0 bridgehead atoms. The van der Waals surface area contributed by atoms with E-state index in [1.807, 2.05) is 52.1 Å². The summed E-state index contributed by atoms with van der Waals surface area (Å²) in [5, 5.41) is 11.1. The Morgan fingerprint density at radius 3 is 2.64 bits per heavy atom. The van der Waals surface area contributed by atoms with Crippen LogP contribution in [0.5, 0.6) is 0 Å². The number of aromatic nitrogens is 2. The summed E-state index contributed by atoms with van der Waals surface area (Å²) < 4.78 is 1.75. The van der Waals surface area contributed by atoms with Gasteiger partial charge in [-0.05, 0) is 32.4 Å². The molecule has 2 aromatic rings. The van der Waals surface area contributed by atoms with Gasteiger partial charge >= 0.3 is 0 Å². The Morgan fingerprint density at radius 2 is 2.05 bits per heavy atom. The lowest BCUT2D eigenvalue weighted by molar-refractivity contribution is -0.115. The highest BCUT2D eigenvalue weighted by atomic mass is 35.5. The molecule has 0 fully saturated rings. The molecule has 1 amide bonds. The summed E-state index contributed by atoms with van der Waals surface area (Å²) in [6.45, 7) is 5.99. The normalized spacial score (nSPS) is 12.2. The summed E-state index contributed by atoms with van der Waals surface area (Å²) in [4.78, 5) is 12.1. The average Bonchev–Trinajstić information content (AvgIpc) is 2.72. The van der Waals surface area contributed by atoms with Gasteiger partial charge in [0.2, 0.25) is 5.91 Å². The summed E-state index contributed by atoms with van der Waals surface area (Å²) >= 11 is 6.16. The minimum atomic E-state index is -0.0990. The number of aryl methyl sites for hydroxylation is 2. The fraction of sp³-hybridized carbons (Fsp3) is 0.375. The third kappa shape index (κ3) is 3.67. The first kappa shape index (κ1) is 16.5. The van der Waals surface area contributed by atoms with Gasteiger partial charge in [-0.15, -0.1) is 0 Å². The van der Waals surface area contributed by atoms with Gasteiger partial charge in [0.15, 0.2) is 0 Å². The van der Waals surface area contributed by atoms with E-state index in [0.29, 0.717) is 5.02 Å². The first-order chi connectivity index (χ1) is 10.4. The Kier molecular flexibility index (Phi) is 5.21. The molecule has 5 nitrogen and oxygen atoms in total. The van der Waals surface area contributed by atoms with E-state index < -0.39 is 0 Å². The zero-order valence-electron chi connectivity index (χ0n) is 13.3. The molecule has 118 valence electrons. The average molecular weight is 321 g/mol. The van der Waals surface area contributed by atoms with Crippen LogP contribution in [0.1, 0.15) is 29.9 Å². The molecule has 1 aromatic heterocycles. The Labute approximate surface area is 135 Å². The molecular formula is C16H21ClN4O. The van der Waals surface area contributed by atoms with Gasteiger partial charge in [-0.25, -0.2) is 0 Å². The van der Waals surface area contributed by atoms with Crippen molar-refractivity contribution in [3.8, 4) is 0 Å². The summed E-state index contributed by atoms with van der Waals surface area (Å²) in [6, 6.07) is 7.61. The van der Waals surface area contributed by atoms with Gasteiger partial charge < -0.3 is 10.6 Å². The molecule has 0 aliphatic heterocycles. The molecule has 0 radical (unpaired) electrons. The van der Waals surface area contributed by atoms with Crippen LogP contribution in [-0.2, 0) is 11.8 Å². The summed E-state index contributed by atoms with van der Waals surface area (Å²) in [5.74, 6) is -0.0990. The van der Waals surface area contributed by atoms with Crippen molar-refractivity contribution < 1.29 is 4.79 Å². The highest BCUT2D eigenvalue weighted by Gasteiger charge is 2.14. The Balaban J connectivity index is 1.94. The van der Waals surface area contributed by atoms with Gasteiger partial charge in [0.1, 0.15) is 0 Å². The maximum Gasteiger partial charge on any atom is 0.238 e. The predicted molar refractivity (Wildman–Crippen MR) is 89.2 cm³/mol. The number of amides is 1. The van der Waals surface area contributed by atoms with Crippen molar-refractivity contribution in [1.29, 1.82) is 0 Å². The molecule has 2 N–H and O–H groups in total. The Hall–Kier alpha value is -1.85. The number of hydrogen-bond acceptors (Lipinski definition) is 3. The van der Waals surface area contributed by atoms with Crippen LogP contribution in [0, 0.1) is 13.8 Å². The van der Waals surface area contributed by atoms with Crippen LogP contribution in [0.25, 0.3) is 0 Å². The van der Waals surface area contributed by atoms with E-state index in [1.165, 1.54) is 0 Å². The molecule has 2 rings (SSSR count). The highest BCUT2D eigenvalue weighted by Crippen LogP contribution is 2.22. The number of nitrogens with one attached hydrogen (secondary N) is 2. The number of halogens is 1. The summed E-state index contributed by atoms with van der Waals surface area (Å²) in [6.07, 6.45) is 0. The largest absolute Gasteiger partial charge is 0.322 e. The summed E-state index contributed by atoms with van der Waals surface area (Å²) in [5.41, 5.74) is 3.50. The molecular weight excluding hydrogens is 300 g/mol. The first-order valence-corrected chi connectivity index (χ1v) is 7.55. The number of carbonyl (C=O) groups excluding carboxylic acids is 1. The molecule has 6 heteroatoms. The second-order valence-corrected chi connectivity index (χ2v) is 5.75. The molecule has 0 spiro atoms. The van der Waals surface area contributed by atoms with Gasteiger partial charge in [0.05, 0.1) is 23.6 Å². The second kappa shape index (κ2) is 6.94. The van der Waals surface area contributed by atoms with Crippen LogP contribution in [0.3, 0.4) is 0 Å². The van der Waals surface area contributed by atoms with E-state index in [9.17, 15) is 4.79 Å². The van der Waals surface area contributed by atoms with Gasteiger partial charge in [0, 0.05) is 18.1 Å². The van der Waals surface area contributed by atoms with E-state index in [-0.39, 0.29) is 18.5 Å². The van der Waals surface area contributed by atoms with Gasteiger partial charge in [-0.1, -0.05) is 29.8 Å². The lowest BCUT2D eigenvalue weighted by Gasteiger charge is -2.15. The van der Waals surface area contributed by atoms with Crippen LogP contribution in [0.2, 0.25) is 5.02 Å². The quantitative estimate of drug-likeness (QED) is 0.890. The molecule has 1 atom stereocenters. The predicted octanol–water partition coefficient (Wildman–Crippen LogP) is 2.98. The number of nitrogens with zero attached hydrogens (tertiary/aromatic N) is 2. The van der Waals surface area contributed by atoms with Gasteiger partial charge in [-0.3, -0.25) is 9.48 Å². The van der Waals surface area contributed by atoms with Crippen LogP contribution in [0.15, 0.2) is 24.3 Å². The van der Waals surface area contributed by atoms with Gasteiger partial charge in [0.25, 0.3) is 0 Å². The molecule has 1 heterocycles. The zero-order valence-corrected chi connectivity index (χ0v) is 14.0. The third-order valence-corrected chi connectivity index (χ3v) is 4.06. The monoisotopic (exact) mass is 320 g/mol. The first-order valence-electron chi connectivity index (χ1n) is 7.18. The molecule has 0 saturated heterocycles. The maximum absolute atomic E-state index is 12.1. The van der Waals surface area contributed by atoms with Crippen molar-refractivity contribution in [3.63, 3.8) is 0 Å². The standard InChI is InChI=1S/C16H21ClN4O/c1-10(13-7-5-6-8-14(13)17)18-9-15(22)19-16-11(2)20-21(4)12(16)3/h5-8,10,18H,9H2,1-4H3,(H,19,22)/t10-/m1/s1. The topological polar surface area (TPSA) is 59.0 Å². The molecule has 1 aromatic carbocycles. The minimum Gasteiger partial charge on any atom is -0.322 e. The van der Waals surface area contributed by atoms with E-state index >= 15 is 0 Å². The minimum absolute atomic E-state index is 0.00413. The van der Waals surface area contributed by atoms with Gasteiger partial charge in [-0.2, -0.15) is 5.10 Å². The van der Waals surface area contributed by atoms with Crippen molar-refractivity contribution in [2.45, 2.75) is 26.8 Å². The fourth-order valence-electron chi connectivity index (χ4n) is 2.32. The lowest BCUT2D eigenvalue weighted by Crippen LogP contribution is -2.30. The van der Waals surface area contributed by atoms with Crippen LogP contribution in [0.4, 0.5) is 5.69 Å². The third-order valence-electron chi connectivity index (χ3n) is 3.71. The second-order valence-electron chi connectivity index (χ2n) is 5.34. The van der Waals surface area contributed by atoms with Crippen LogP contribution < -0.4 is 10.6 Å². The van der Waals surface area contributed by atoms with E-state index in [0.717, 1.165) is 22.6 Å². The van der Waals surface area contributed by atoms with Crippen molar-refractivity contribution in [3.05, 3.63) is 46.2 Å². The fourth-order valence-corrected chi connectivity index (χ4v) is 2.62. The van der Waals surface area contributed by atoms with Crippen LogP contribution >= 0.6 is 11.6 Å². The van der Waals surface area contributed by atoms with Crippen LogP contribution in [-0.4, -0.2) is 22.2 Å². The molecule has 22 heavy (non-hydrogen) atoms. The number of hydrogen-bond donors (Lipinski definition) is 2. The number of benzene rings is 1. The maximum atomic E-state index is 12.1. The smallest absolute Gasteiger partial charge is 0.238 e. The molecule has 0 unspecified atom stereocenters. The Morgan fingerprint density at radius 1 is 1.36 bits per heavy atom. The van der Waals surface area contributed by atoms with Crippen molar-refractivity contribution >= 4 is 23.2 Å². The molecule has 0 aliphatic rings. The SMILES string of the molecule is Cc1nn(C)c(C)c1NC(=O)CN[C@H](C)c1ccccc1Cl. The van der Waals surface area contributed by atoms with Crippen molar-refractivity contribution in [1.82, 2.24) is 15.1 Å². The number of carbonyl (C=O) groups is 1. The van der Waals surface area contributed by atoms with E-state index in [1.54, 1.807) is 4.68 Å². The van der Waals surface area contributed by atoms with Crippen molar-refractivity contribution in [2.75, 3.05) is 11.9 Å². The number of anilines is 1.